The average Bonchev–Trinajstić information content (AvgIpc) is 3.04. The van der Waals surface area contributed by atoms with Gasteiger partial charge in [0.25, 0.3) is 0 Å². The second kappa shape index (κ2) is 5.91. The Hall–Kier alpha value is -1.79. The highest BCUT2D eigenvalue weighted by atomic mass is 32.1. The van der Waals surface area contributed by atoms with E-state index in [1.54, 1.807) is 14.0 Å². The summed E-state index contributed by atoms with van der Waals surface area (Å²) in [4.78, 5) is 12.3. The molecule has 21 heavy (non-hydrogen) atoms. The summed E-state index contributed by atoms with van der Waals surface area (Å²) in [6, 6.07) is 5.63. The van der Waals surface area contributed by atoms with Crippen LogP contribution in [0.15, 0.2) is 18.2 Å². The summed E-state index contributed by atoms with van der Waals surface area (Å²) in [5.74, 6) is 1.12. The van der Waals surface area contributed by atoms with Crippen LogP contribution in [0.4, 0.5) is 0 Å². The number of ether oxygens (including phenoxy) is 4. The van der Waals surface area contributed by atoms with Gasteiger partial charge >= 0.3 is 5.97 Å². The lowest BCUT2D eigenvalue weighted by atomic mass is 10.2. The van der Waals surface area contributed by atoms with Crippen LogP contribution in [-0.4, -0.2) is 32.6 Å². The van der Waals surface area contributed by atoms with Gasteiger partial charge in [-0.1, -0.05) is 0 Å². The minimum absolute atomic E-state index is 0.293. The lowest BCUT2D eigenvalue weighted by Gasteiger charge is -2.08. The van der Waals surface area contributed by atoms with E-state index in [1.165, 1.54) is 11.3 Å². The fraction of sp³-hybridized carbons (Fsp3) is 0.400. The number of thiophene rings is 1. The Balaban J connectivity index is 1.83. The molecular weight excluding hydrogens is 292 g/mol. The van der Waals surface area contributed by atoms with Crippen LogP contribution in [-0.2, 0) is 9.47 Å². The number of hydrogen-bond acceptors (Lipinski definition) is 6. The van der Waals surface area contributed by atoms with Crippen molar-refractivity contribution in [2.75, 3.05) is 20.3 Å². The molecule has 0 saturated heterocycles. The van der Waals surface area contributed by atoms with Crippen LogP contribution in [0.3, 0.4) is 0 Å². The second-order valence-electron chi connectivity index (χ2n) is 4.61. The molecule has 1 aliphatic heterocycles. The normalized spacial score (nSPS) is 16.4. The van der Waals surface area contributed by atoms with Crippen LogP contribution in [0, 0.1) is 0 Å². The maximum absolute atomic E-state index is 11.7. The van der Waals surface area contributed by atoms with E-state index >= 15 is 0 Å². The average molecular weight is 308 g/mol. The molecule has 0 bridgehead atoms. The fourth-order valence-corrected chi connectivity index (χ4v) is 3.14. The molecule has 1 aliphatic rings. The topological polar surface area (TPSA) is 54.0 Å². The number of esters is 1. The summed E-state index contributed by atoms with van der Waals surface area (Å²) in [5, 5.41) is 0.956. The Morgan fingerprint density at radius 1 is 1.29 bits per heavy atom. The van der Waals surface area contributed by atoms with Gasteiger partial charge in [0.05, 0.1) is 13.2 Å². The van der Waals surface area contributed by atoms with Crippen molar-refractivity contribution in [1.82, 2.24) is 0 Å². The Morgan fingerprint density at radius 2 is 2.05 bits per heavy atom. The molecule has 0 amide bonds. The van der Waals surface area contributed by atoms with Gasteiger partial charge in [-0.2, -0.15) is 0 Å². The van der Waals surface area contributed by atoms with Crippen LogP contribution in [0.5, 0.6) is 11.5 Å². The van der Waals surface area contributed by atoms with Crippen molar-refractivity contribution in [3.8, 4) is 11.5 Å². The quantitative estimate of drug-likeness (QED) is 0.794. The van der Waals surface area contributed by atoms with E-state index in [2.05, 4.69) is 0 Å². The van der Waals surface area contributed by atoms with E-state index in [-0.39, 0.29) is 12.3 Å². The molecule has 6 heteroatoms. The molecule has 0 fully saturated rings. The van der Waals surface area contributed by atoms with E-state index < -0.39 is 0 Å². The Kier molecular flexibility index (Phi) is 3.98. The van der Waals surface area contributed by atoms with Crippen molar-refractivity contribution >= 4 is 27.4 Å². The fourth-order valence-electron chi connectivity index (χ4n) is 2.17. The highest BCUT2D eigenvalue weighted by Crippen LogP contribution is 2.41. The van der Waals surface area contributed by atoms with Crippen molar-refractivity contribution in [3.63, 3.8) is 0 Å². The largest absolute Gasteiger partial charge is 0.462 e. The van der Waals surface area contributed by atoms with E-state index in [1.807, 2.05) is 18.2 Å². The molecule has 0 spiro atoms. The van der Waals surface area contributed by atoms with Gasteiger partial charge in [0.2, 0.25) is 6.29 Å². The molecular formula is C15H16O5S. The highest BCUT2D eigenvalue weighted by Gasteiger charge is 2.25. The van der Waals surface area contributed by atoms with Gasteiger partial charge in [0.1, 0.15) is 4.88 Å². The standard InChI is InChI=1S/C15H16O5S/c1-3-18-15(16)13-7-9-6-10-11(8-12(9)21-13)20-14(19-10)4-5-17-2/h6-8,14H,3-5H2,1-2H3. The number of carbonyl (C=O) groups is 1. The van der Waals surface area contributed by atoms with Crippen LogP contribution in [0.1, 0.15) is 23.0 Å². The first-order chi connectivity index (χ1) is 10.2. The van der Waals surface area contributed by atoms with Gasteiger partial charge in [0, 0.05) is 24.3 Å². The molecule has 112 valence electrons. The Bertz CT molecular complexity index is 620. The molecule has 1 aromatic heterocycles. The summed E-state index contributed by atoms with van der Waals surface area (Å²) < 4.78 is 22.5. The van der Waals surface area contributed by atoms with Crippen molar-refractivity contribution < 1.29 is 23.7 Å². The van der Waals surface area contributed by atoms with E-state index in [0.717, 1.165) is 10.1 Å². The monoisotopic (exact) mass is 308 g/mol. The van der Waals surface area contributed by atoms with Crippen LogP contribution >= 0.6 is 11.3 Å². The summed E-state index contributed by atoms with van der Waals surface area (Å²) in [7, 11) is 1.65. The van der Waals surface area contributed by atoms with Gasteiger partial charge in [-0.05, 0) is 24.4 Å². The van der Waals surface area contributed by atoms with E-state index in [9.17, 15) is 4.79 Å². The Morgan fingerprint density at radius 3 is 2.76 bits per heavy atom. The van der Waals surface area contributed by atoms with Gasteiger partial charge in [-0.15, -0.1) is 11.3 Å². The number of rotatable bonds is 5. The number of fused-ring (bicyclic) bond motifs is 2. The SMILES string of the molecule is CCOC(=O)c1cc2cc3c(cc2s1)OC(CCOC)O3. The molecule has 0 aliphatic carbocycles. The van der Waals surface area contributed by atoms with Crippen molar-refractivity contribution in [3.05, 3.63) is 23.1 Å². The summed E-state index contributed by atoms with van der Waals surface area (Å²) in [5.41, 5.74) is 0. The number of hydrogen-bond donors (Lipinski definition) is 0. The van der Waals surface area contributed by atoms with E-state index in [4.69, 9.17) is 18.9 Å². The molecule has 1 atom stereocenters. The van der Waals surface area contributed by atoms with Crippen molar-refractivity contribution in [1.29, 1.82) is 0 Å². The third-order valence-corrected chi connectivity index (χ3v) is 4.21. The molecule has 0 N–H and O–H groups in total. The van der Waals surface area contributed by atoms with Gasteiger partial charge in [-0.3, -0.25) is 0 Å². The second-order valence-corrected chi connectivity index (χ2v) is 5.70. The Labute approximate surface area is 126 Å². The van der Waals surface area contributed by atoms with E-state index in [0.29, 0.717) is 36.0 Å². The maximum atomic E-state index is 11.7. The first kappa shape index (κ1) is 14.2. The summed E-state index contributed by atoms with van der Waals surface area (Å²) in [6.45, 7) is 2.75. The third-order valence-electron chi connectivity index (χ3n) is 3.13. The summed E-state index contributed by atoms with van der Waals surface area (Å²) in [6.07, 6.45) is 0.369. The maximum Gasteiger partial charge on any atom is 0.348 e. The molecule has 0 saturated carbocycles. The van der Waals surface area contributed by atoms with Gasteiger partial charge < -0.3 is 18.9 Å². The zero-order chi connectivity index (χ0) is 14.8. The predicted molar refractivity (Wildman–Crippen MR) is 79.3 cm³/mol. The lowest BCUT2D eigenvalue weighted by molar-refractivity contribution is 0.0196. The number of carbonyl (C=O) groups excluding carboxylic acids is 1. The molecule has 3 rings (SSSR count). The first-order valence-corrected chi connectivity index (χ1v) is 7.60. The molecule has 0 radical (unpaired) electrons. The molecule has 2 heterocycles. The van der Waals surface area contributed by atoms with Crippen molar-refractivity contribution in [2.24, 2.45) is 0 Å². The lowest BCUT2D eigenvalue weighted by Crippen LogP contribution is -2.19. The predicted octanol–water partition coefficient (Wildman–Crippen LogP) is 3.21. The molecule has 1 unspecified atom stereocenters. The zero-order valence-corrected chi connectivity index (χ0v) is 12.7. The smallest absolute Gasteiger partial charge is 0.348 e. The van der Waals surface area contributed by atoms with Gasteiger partial charge in [0.15, 0.2) is 11.5 Å². The van der Waals surface area contributed by atoms with Crippen LogP contribution < -0.4 is 9.47 Å². The minimum Gasteiger partial charge on any atom is -0.462 e. The van der Waals surface area contributed by atoms with Crippen LogP contribution in [0.2, 0.25) is 0 Å². The first-order valence-electron chi connectivity index (χ1n) is 6.78. The minimum atomic E-state index is -0.305. The van der Waals surface area contributed by atoms with Crippen LogP contribution in [0.25, 0.3) is 10.1 Å². The molecule has 2 aromatic rings. The molecule has 5 nitrogen and oxygen atoms in total. The molecule has 1 aromatic carbocycles. The third kappa shape index (κ3) is 2.82. The van der Waals surface area contributed by atoms with Crippen molar-refractivity contribution in [2.45, 2.75) is 19.6 Å². The number of benzene rings is 1. The highest BCUT2D eigenvalue weighted by molar-refractivity contribution is 7.20. The van der Waals surface area contributed by atoms with Gasteiger partial charge in [-0.25, -0.2) is 4.79 Å². The zero-order valence-electron chi connectivity index (χ0n) is 11.9. The summed E-state index contributed by atoms with van der Waals surface area (Å²) >= 11 is 1.40. The number of methoxy groups -OCH3 is 1.